The van der Waals surface area contributed by atoms with E-state index in [4.69, 9.17) is 25.8 Å². The lowest BCUT2D eigenvalue weighted by Gasteiger charge is -2.23. The summed E-state index contributed by atoms with van der Waals surface area (Å²) in [6, 6.07) is 26.6. The van der Waals surface area contributed by atoms with Crippen molar-refractivity contribution in [2.24, 2.45) is 0 Å². The molecule has 8 heteroatoms. The first-order valence-corrected chi connectivity index (χ1v) is 16.0. The lowest BCUT2D eigenvalue weighted by atomic mass is 9.87. The smallest absolute Gasteiger partial charge is 0.223 e. The third kappa shape index (κ3) is 6.79. The van der Waals surface area contributed by atoms with Crippen molar-refractivity contribution >= 4 is 45.2 Å². The molecule has 0 radical (unpaired) electrons. The molecule has 226 valence electrons. The second-order valence-corrected chi connectivity index (χ2v) is 15.2. The zero-order chi connectivity index (χ0) is 31.1. The summed E-state index contributed by atoms with van der Waals surface area (Å²) in [7, 11) is 0. The molecule has 44 heavy (non-hydrogen) atoms. The zero-order valence-electron chi connectivity index (χ0n) is 25.9. The maximum atomic E-state index is 6.81. The molecule has 6 nitrogen and oxygen atoms in total. The molecule has 0 saturated heterocycles. The zero-order valence-corrected chi connectivity index (χ0v) is 27.5. The molecule has 0 amide bonds. The van der Waals surface area contributed by atoms with Gasteiger partial charge in [0.1, 0.15) is 11.9 Å². The summed E-state index contributed by atoms with van der Waals surface area (Å²) in [6.45, 7) is 12.8. The Kier molecular flexibility index (Phi) is 8.20. The molecule has 0 aliphatic rings. The van der Waals surface area contributed by atoms with Gasteiger partial charge in [-0.25, -0.2) is 4.98 Å². The number of ether oxygens (including phenoxy) is 1. The van der Waals surface area contributed by atoms with Crippen LogP contribution in [0.5, 0.6) is 5.75 Å². The second kappa shape index (κ2) is 11.9. The van der Waals surface area contributed by atoms with Crippen LogP contribution in [0.15, 0.2) is 88.3 Å². The van der Waals surface area contributed by atoms with Crippen LogP contribution < -0.4 is 4.74 Å². The van der Waals surface area contributed by atoms with E-state index in [9.17, 15) is 0 Å². The van der Waals surface area contributed by atoms with Crippen LogP contribution in [0.3, 0.4) is 0 Å². The molecular formula is C36H37ClN4O2S. The summed E-state index contributed by atoms with van der Waals surface area (Å²) in [5, 5.41) is 7.18. The monoisotopic (exact) mass is 624 g/mol. The number of halogens is 1. The number of hydrogen-bond acceptors (Lipinski definition) is 6. The highest BCUT2D eigenvalue weighted by atomic mass is 35.5. The normalized spacial score (nSPS) is 13.1. The number of nitrogens with one attached hydrogen (secondary N) is 1. The standard InChI is InChI=1S/C36H37ClN4O2S/c1-22-38-34(41-43-22)36(5,6)21-31-33(44-35(2,3)4)27-20-26(16-18-29(27)40-31)42-32(19-23-11-14-25(37)15-12-23)30-17-13-24-9-7-8-10-28(24)39-30/h7-18,20,32,40H,19,21H2,1-6H3. The number of benzene rings is 3. The number of hydrogen-bond donors (Lipinski definition) is 1. The van der Waals surface area contributed by atoms with Gasteiger partial charge in [0.15, 0.2) is 5.82 Å². The summed E-state index contributed by atoms with van der Waals surface area (Å²) in [5.41, 5.74) is 4.85. The van der Waals surface area contributed by atoms with Crippen LogP contribution in [-0.4, -0.2) is 24.9 Å². The number of H-pyrrole nitrogens is 1. The van der Waals surface area contributed by atoms with E-state index < -0.39 is 0 Å². The molecule has 3 aromatic carbocycles. The summed E-state index contributed by atoms with van der Waals surface area (Å²) >= 11 is 8.05. The summed E-state index contributed by atoms with van der Waals surface area (Å²) in [6.07, 6.45) is 1.09. The molecule has 1 N–H and O–H groups in total. The summed E-state index contributed by atoms with van der Waals surface area (Å²) in [5.74, 6) is 2.07. The fourth-order valence-electron chi connectivity index (χ4n) is 5.38. The Hall–Kier alpha value is -3.81. The van der Waals surface area contributed by atoms with Crippen molar-refractivity contribution in [3.63, 3.8) is 0 Å². The molecule has 3 aromatic heterocycles. The van der Waals surface area contributed by atoms with Gasteiger partial charge in [-0.05, 0) is 48.0 Å². The molecule has 0 bridgehead atoms. The number of rotatable bonds is 9. The average molecular weight is 625 g/mol. The first-order chi connectivity index (χ1) is 20.9. The van der Waals surface area contributed by atoms with Gasteiger partial charge in [-0.1, -0.05) is 87.8 Å². The van der Waals surface area contributed by atoms with Crippen LogP contribution in [0.1, 0.15) is 69.4 Å². The number of para-hydroxylation sites is 1. The molecule has 3 heterocycles. The van der Waals surface area contributed by atoms with Gasteiger partial charge in [-0.2, -0.15) is 4.98 Å². The Balaban J connectivity index is 1.38. The Bertz CT molecular complexity index is 1920. The maximum absolute atomic E-state index is 6.81. The molecule has 0 saturated carbocycles. The topological polar surface area (TPSA) is 76.8 Å². The van der Waals surface area contributed by atoms with Crippen LogP contribution in [-0.2, 0) is 18.3 Å². The molecule has 0 fully saturated rings. The van der Waals surface area contributed by atoms with Crippen molar-refractivity contribution in [3.05, 3.63) is 113 Å². The van der Waals surface area contributed by atoms with E-state index in [2.05, 4.69) is 80.1 Å². The second-order valence-electron chi connectivity index (χ2n) is 12.9. The molecule has 0 aliphatic carbocycles. The molecule has 0 spiro atoms. The molecule has 0 aliphatic heterocycles. The molecule has 1 unspecified atom stereocenters. The third-order valence-electron chi connectivity index (χ3n) is 7.52. The highest BCUT2D eigenvalue weighted by Crippen LogP contribution is 2.43. The number of aryl methyl sites for hydroxylation is 1. The minimum atomic E-state index is -0.323. The van der Waals surface area contributed by atoms with Crippen LogP contribution in [0.2, 0.25) is 5.02 Å². The first kappa shape index (κ1) is 30.2. The van der Waals surface area contributed by atoms with Gasteiger partial charge in [-0.3, -0.25) is 0 Å². The van der Waals surface area contributed by atoms with Crippen LogP contribution in [0, 0.1) is 6.92 Å². The first-order valence-electron chi connectivity index (χ1n) is 14.8. The van der Waals surface area contributed by atoms with E-state index in [0.29, 0.717) is 23.2 Å². The van der Waals surface area contributed by atoms with Gasteiger partial charge < -0.3 is 14.2 Å². The number of thioether (sulfide) groups is 1. The molecule has 6 aromatic rings. The van der Waals surface area contributed by atoms with Crippen molar-refractivity contribution in [3.8, 4) is 5.75 Å². The highest BCUT2D eigenvalue weighted by molar-refractivity contribution is 8.00. The Morgan fingerprint density at radius 3 is 2.43 bits per heavy atom. The quantitative estimate of drug-likeness (QED) is 0.161. The van der Waals surface area contributed by atoms with E-state index in [1.165, 1.54) is 4.90 Å². The third-order valence-corrected chi connectivity index (χ3v) is 9.05. The van der Waals surface area contributed by atoms with E-state index in [-0.39, 0.29) is 16.3 Å². The van der Waals surface area contributed by atoms with E-state index in [1.54, 1.807) is 0 Å². The van der Waals surface area contributed by atoms with Gasteiger partial charge in [0, 0.05) is 61.8 Å². The summed E-state index contributed by atoms with van der Waals surface area (Å²) < 4.78 is 12.1. The van der Waals surface area contributed by atoms with Crippen LogP contribution in [0.4, 0.5) is 0 Å². The number of fused-ring (bicyclic) bond motifs is 2. The Morgan fingerprint density at radius 2 is 1.70 bits per heavy atom. The Labute approximate surface area is 267 Å². The van der Waals surface area contributed by atoms with Gasteiger partial charge >= 0.3 is 0 Å². The van der Waals surface area contributed by atoms with E-state index >= 15 is 0 Å². The lowest BCUT2D eigenvalue weighted by Crippen LogP contribution is -2.23. The number of nitrogens with zero attached hydrogens (tertiary/aromatic N) is 3. The van der Waals surface area contributed by atoms with Crippen molar-refractivity contribution in [1.29, 1.82) is 0 Å². The number of pyridine rings is 1. The van der Waals surface area contributed by atoms with Crippen LogP contribution >= 0.6 is 23.4 Å². The van der Waals surface area contributed by atoms with Crippen molar-refractivity contribution in [2.75, 3.05) is 0 Å². The Morgan fingerprint density at radius 1 is 0.932 bits per heavy atom. The van der Waals surface area contributed by atoms with E-state index in [0.717, 1.165) is 50.9 Å². The fourth-order valence-corrected chi connectivity index (χ4v) is 6.65. The summed E-state index contributed by atoms with van der Waals surface area (Å²) in [4.78, 5) is 14.5. The van der Waals surface area contributed by atoms with Gasteiger partial charge in [0.25, 0.3) is 0 Å². The van der Waals surface area contributed by atoms with Crippen LogP contribution in [0.25, 0.3) is 21.8 Å². The fraction of sp³-hybridized carbons (Fsp3) is 0.306. The van der Waals surface area contributed by atoms with Crippen molar-refractivity contribution in [2.45, 2.75) is 75.5 Å². The minimum absolute atomic E-state index is 0.000258. The van der Waals surface area contributed by atoms with Crippen molar-refractivity contribution < 1.29 is 9.26 Å². The maximum Gasteiger partial charge on any atom is 0.223 e. The minimum Gasteiger partial charge on any atom is -0.484 e. The van der Waals surface area contributed by atoms with Gasteiger partial charge in [0.05, 0.1) is 11.2 Å². The predicted molar refractivity (Wildman–Crippen MR) is 180 cm³/mol. The van der Waals surface area contributed by atoms with Gasteiger partial charge in [-0.15, -0.1) is 11.8 Å². The van der Waals surface area contributed by atoms with Gasteiger partial charge in [0.2, 0.25) is 5.89 Å². The average Bonchev–Trinajstić information content (AvgIpc) is 3.56. The van der Waals surface area contributed by atoms with E-state index in [1.807, 2.05) is 67.2 Å². The lowest BCUT2D eigenvalue weighted by molar-refractivity contribution is 0.202. The van der Waals surface area contributed by atoms with Crippen molar-refractivity contribution in [1.82, 2.24) is 20.1 Å². The molecule has 1 atom stereocenters. The largest absolute Gasteiger partial charge is 0.484 e. The number of aromatic nitrogens is 4. The predicted octanol–water partition coefficient (Wildman–Crippen LogP) is 9.83. The molecule has 6 rings (SSSR count). The molecular weight excluding hydrogens is 588 g/mol. The number of aromatic amines is 1. The highest BCUT2D eigenvalue weighted by Gasteiger charge is 2.30. The SMILES string of the molecule is Cc1nc(C(C)(C)Cc2[nH]c3ccc(OC(Cc4ccc(Cl)cc4)c4ccc5ccccc5n4)cc3c2SC(C)(C)C)no1.